The van der Waals surface area contributed by atoms with E-state index in [0.717, 1.165) is 42.8 Å². The van der Waals surface area contributed by atoms with Gasteiger partial charge in [0.25, 0.3) is 0 Å². The molecule has 3 heterocycles. The first-order valence-electron chi connectivity index (χ1n) is 10.7. The number of rotatable bonds is 5. The van der Waals surface area contributed by atoms with E-state index in [0.29, 0.717) is 23.6 Å². The number of hydrogen-bond acceptors (Lipinski definition) is 5. The van der Waals surface area contributed by atoms with Crippen LogP contribution >= 0.6 is 0 Å². The minimum absolute atomic E-state index is 0.0623. The number of aromatic nitrogens is 3. The highest BCUT2D eigenvalue weighted by Crippen LogP contribution is 2.34. The average Bonchev–Trinajstić information content (AvgIpc) is 3.37. The van der Waals surface area contributed by atoms with Crippen molar-refractivity contribution in [1.82, 2.24) is 19.9 Å². The molecule has 32 heavy (non-hydrogen) atoms. The zero-order valence-electron chi connectivity index (χ0n) is 18.0. The number of hydrogen-bond donors (Lipinski definition) is 1. The minimum atomic E-state index is -0.413. The lowest BCUT2D eigenvalue weighted by Crippen LogP contribution is -2.33. The summed E-state index contributed by atoms with van der Waals surface area (Å²) in [5.41, 5.74) is 2.48. The number of halogens is 2. The Labute approximate surface area is 184 Å². The summed E-state index contributed by atoms with van der Waals surface area (Å²) in [4.78, 5) is 14.9. The second kappa shape index (κ2) is 8.35. The molecule has 1 aliphatic heterocycles. The molecule has 1 N–H and O–H groups in total. The highest BCUT2D eigenvalue weighted by atomic mass is 19.1. The molecular weight excluding hydrogens is 414 g/mol. The van der Waals surface area contributed by atoms with Crippen molar-refractivity contribution in [1.29, 1.82) is 0 Å². The molecule has 0 amide bonds. The fourth-order valence-electron chi connectivity index (χ4n) is 4.33. The van der Waals surface area contributed by atoms with Gasteiger partial charge in [-0.2, -0.15) is 0 Å². The number of H-pyrrole nitrogens is 1. The third-order valence-corrected chi connectivity index (χ3v) is 6.04. The number of ether oxygens (including phenoxy) is 1. The first-order chi connectivity index (χ1) is 15.5. The fourth-order valence-corrected chi connectivity index (χ4v) is 4.33. The highest BCUT2D eigenvalue weighted by Gasteiger charge is 2.28. The van der Waals surface area contributed by atoms with Crippen LogP contribution in [0.5, 0.6) is 5.75 Å². The van der Waals surface area contributed by atoms with Crippen molar-refractivity contribution in [2.45, 2.75) is 38.8 Å². The number of fused-ring (bicyclic) bond motifs is 1. The predicted octanol–water partition coefficient (Wildman–Crippen LogP) is 5.54. The van der Waals surface area contributed by atoms with E-state index in [9.17, 15) is 8.78 Å². The maximum Gasteiger partial charge on any atom is 0.229 e. The third-order valence-electron chi connectivity index (χ3n) is 6.04. The Morgan fingerprint density at radius 1 is 1.16 bits per heavy atom. The molecule has 5 rings (SSSR count). The van der Waals surface area contributed by atoms with Gasteiger partial charge in [-0.15, -0.1) is 0 Å². The number of nitrogens with zero attached hydrogens (tertiary/aromatic N) is 3. The molecule has 2 aromatic heterocycles. The zero-order chi connectivity index (χ0) is 22.2. The van der Waals surface area contributed by atoms with Crippen LogP contribution in [0, 0.1) is 18.6 Å². The number of imidazole rings is 1. The first kappa shape index (κ1) is 20.6. The predicted molar refractivity (Wildman–Crippen MR) is 116 cm³/mol. The van der Waals surface area contributed by atoms with Gasteiger partial charge in [0, 0.05) is 6.54 Å². The Morgan fingerprint density at radius 2 is 2.03 bits per heavy atom. The van der Waals surface area contributed by atoms with Gasteiger partial charge >= 0.3 is 0 Å². The second-order valence-corrected chi connectivity index (χ2v) is 8.13. The van der Waals surface area contributed by atoms with Gasteiger partial charge in [-0.25, -0.2) is 18.7 Å². The molecule has 2 aromatic carbocycles. The van der Waals surface area contributed by atoms with Gasteiger partial charge in [-0.1, -0.05) is 6.42 Å². The molecule has 0 spiro atoms. The summed E-state index contributed by atoms with van der Waals surface area (Å²) in [5, 5.41) is 0. The third kappa shape index (κ3) is 3.86. The van der Waals surface area contributed by atoms with Crippen LogP contribution in [-0.4, -0.2) is 33.5 Å². The molecule has 1 unspecified atom stereocenters. The van der Waals surface area contributed by atoms with E-state index in [1.165, 1.54) is 25.3 Å². The van der Waals surface area contributed by atoms with Crippen molar-refractivity contribution in [3.8, 4) is 17.2 Å². The van der Waals surface area contributed by atoms with Crippen molar-refractivity contribution >= 4 is 11.0 Å². The van der Waals surface area contributed by atoms with E-state index in [-0.39, 0.29) is 23.3 Å². The van der Waals surface area contributed by atoms with E-state index < -0.39 is 5.82 Å². The van der Waals surface area contributed by atoms with E-state index in [1.54, 1.807) is 18.2 Å². The lowest BCUT2D eigenvalue weighted by molar-refractivity contribution is 0.132. The van der Waals surface area contributed by atoms with Gasteiger partial charge in [-0.05, 0) is 62.7 Å². The van der Waals surface area contributed by atoms with Gasteiger partial charge in [0.1, 0.15) is 29.0 Å². The molecule has 1 aliphatic rings. The molecule has 4 aromatic rings. The topological polar surface area (TPSA) is 67.2 Å². The van der Waals surface area contributed by atoms with Crippen LogP contribution in [-0.2, 0) is 6.54 Å². The number of benzene rings is 2. The molecule has 6 nitrogen and oxygen atoms in total. The summed E-state index contributed by atoms with van der Waals surface area (Å²) in [6, 6.07) is 9.13. The maximum atomic E-state index is 14.4. The van der Waals surface area contributed by atoms with Crippen LogP contribution in [0.15, 0.2) is 40.8 Å². The number of nitrogens with one attached hydrogen (secondary N) is 1. The molecule has 1 atom stereocenters. The van der Waals surface area contributed by atoms with Crippen molar-refractivity contribution in [3.63, 3.8) is 0 Å². The van der Waals surface area contributed by atoms with Gasteiger partial charge < -0.3 is 14.1 Å². The lowest BCUT2D eigenvalue weighted by atomic mass is 10.0. The van der Waals surface area contributed by atoms with Gasteiger partial charge in [0.2, 0.25) is 5.89 Å². The molecular formula is C24H24F2N4O2. The molecule has 0 saturated carbocycles. The summed E-state index contributed by atoms with van der Waals surface area (Å²) in [6.07, 6.45) is 3.10. The van der Waals surface area contributed by atoms with Crippen LogP contribution in [0.3, 0.4) is 0 Å². The SMILES string of the molecule is COc1ccc(F)c(-c2nc(CN3CCCCC3c3nc4ccc(F)cc4[nH]3)c(C)o2)c1. The smallest absolute Gasteiger partial charge is 0.229 e. The first-order valence-corrected chi connectivity index (χ1v) is 10.7. The number of aryl methyl sites for hydroxylation is 1. The Kier molecular flexibility index (Phi) is 5.38. The normalized spacial score (nSPS) is 17.2. The van der Waals surface area contributed by atoms with Crippen LogP contribution in [0.2, 0.25) is 0 Å². The number of aromatic amines is 1. The summed E-state index contributed by atoms with van der Waals surface area (Å²) >= 11 is 0. The van der Waals surface area contributed by atoms with Gasteiger partial charge in [-0.3, -0.25) is 4.90 Å². The maximum absolute atomic E-state index is 14.4. The van der Waals surface area contributed by atoms with E-state index in [4.69, 9.17) is 14.1 Å². The standard InChI is InChI=1S/C24H24F2N4O2/c1-14-21(29-24(32-14)17-12-16(31-2)7-8-18(17)26)13-30-10-4-3-5-22(30)23-27-19-9-6-15(25)11-20(19)28-23/h6-9,11-12,22H,3-5,10,13H2,1-2H3,(H,27,28). The molecule has 1 fully saturated rings. The van der Waals surface area contributed by atoms with Crippen molar-refractivity contribution in [2.75, 3.05) is 13.7 Å². The van der Waals surface area contributed by atoms with Crippen molar-refractivity contribution in [3.05, 3.63) is 65.3 Å². The fraction of sp³-hybridized carbons (Fsp3) is 0.333. The number of likely N-dealkylation sites (tertiary alicyclic amines) is 1. The number of methoxy groups -OCH3 is 1. The molecule has 1 saturated heterocycles. The van der Waals surface area contributed by atoms with Gasteiger partial charge in [0.15, 0.2) is 0 Å². The molecule has 166 valence electrons. The van der Waals surface area contributed by atoms with Crippen LogP contribution < -0.4 is 4.74 Å². The number of oxazole rings is 1. The van der Waals surface area contributed by atoms with Crippen molar-refractivity contribution in [2.24, 2.45) is 0 Å². The monoisotopic (exact) mass is 438 g/mol. The van der Waals surface area contributed by atoms with Crippen LogP contribution in [0.4, 0.5) is 8.78 Å². The van der Waals surface area contributed by atoms with E-state index in [2.05, 4.69) is 14.9 Å². The van der Waals surface area contributed by atoms with Crippen LogP contribution in [0.1, 0.15) is 42.6 Å². The Bertz CT molecular complexity index is 1270. The molecule has 0 radical (unpaired) electrons. The van der Waals surface area contributed by atoms with Crippen molar-refractivity contribution < 1.29 is 17.9 Å². The molecule has 0 aliphatic carbocycles. The van der Waals surface area contributed by atoms with E-state index >= 15 is 0 Å². The molecule has 0 bridgehead atoms. The van der Waals surface area contributed by atoms with Gasteiger partial charge in [0.05, 0.1) is 35.4 Å². The highest BCUT2D eigenvalue weighted by molar-refractivity contribution is 5.75. The largest absolute Gasteiger partial charge is 0.497 e. The zero-order valence-corrected chi connectivity index (χ0v) is 18.0. The Morgan fingerprint density at radius 3 is 2.88 bits per heavy atom. The summed E-state index contributed by atoms with van der Waals surface area (Å²) < 4.78 is 39.0. The number of piperidine rings is 1. The Hall–Kier alpha value is -3.26. The second-order valence-electron chi connectivity index (χ2n) is 8.13. The summed E-state index contributed by atoms with van der Waals surface area (Å²) in [5.74, 6) is 1.55. The quantitative estimate of drug-likeness (QED) is 0.443. The summed E-state index contributed by atoms with van der Waals surface area (Å²) in [6.45, 7) is 3.27. The van der Waals surface area contributed by atoms with Crippen LogP contribution in [0.25, 0.3) is 22.5 Å². The summed E-state index contributed by atoms with van der Waals surface area (Å²) in [7, 11) is 1.53. The minimum Gasteiger partial charge on any atom is -0.497 e. The Balaban J connectivity index is 1.43. The molecule has 8 heteroatoms. The average molecular weight is 438 g/mol. The van der Waals surface area contributed by atoms with E-state index in [1.807, 2.05) is 6.92 Å². The lowest BCUT2D eigenvalue weighted by Gasteiger charge is -2.34.